The predicted molar refractivity (Wildman–Crippen MR) is 87.8 cm³/mol. The lowest BCUT2D eigenvalue weighted by atomic mass is 9.58. The van der Waals surface area contributed by atoms with E-state index in [2.05, 4.69) is 13.0 Å². The van der Waals surface area contributed by atoms with Crippen molar-refractivity contribution in [3.05, 3.63) is 22.8 Å². The highest BCUT2D eigenvalue weighted by Crippen LogP contribution is 2.59. The number of aliphatic hydroxyl groups excluding tert-OH is 1. The summed E-state index contributed by atoms with van der Waals surface area (Å²) in [6.45, 7) is 3.83. The molecule has 5 rings (SSSR count). The molecule has 126 valence electrons. The maximum atomic E-state index is 10.5. The summed E-state index contributed by atoms with van der Waals surface area (Å²) >= 11 is 0. The van der Waals surface area contributed by atoms with Crippen LogP contribution in [-0.4, -0.2) is 30.2 Å². The third kappa shape index (κ3) is 1.99. The quantitative estimate of drug-likeness (QED) is 0.740. The molecule has 3 nitrogen and oxygen atoms in total. The summed E-state index contributed by atoms with van der Waals surface area (Å²) in [5.41, 5.74) is 4.99. The van der Waals surface area contributed by atoms with Crippen molar-refractivity contribution in [3.63, 3.8) is 0 Å². The first-order valence-electron chi connectivity index (χ1n) is 9.49. The highest BCUT2D eigenvalue weighted by Gasteiger charge is 2.53. The first-order chi connectivity index (χ1) is 11.1. The normalized spacial score (nSPS) is 44.8. The van der Waals surface area contributed by atoms with E-state index in [1.54, 1.807) is 16.7 Å². The number of hydrogen-bond acceptors (Lipinski definition) is 3. The van der Waals surface area contributed by atoms with Gasteiger partial charge in [0.25, 0.3) is 0 Å². The summed E-state index contributed by atoms with van der Waals surface area (Å²) in [6, 6.07) is 0. The van der Waals surface area contributed by atoms with Crippen LogP contribution >= 0.6 is 0 Å². The molecule has 1 heterocycles. The molecular formula is C20H28O3. The van der Waals surface area contributed by atoms with Crippen LogP contribution in [-0.2, 0) is 9.47 Å². The van der Waals surface area contributed by atoms with Gasteiger partial charge < -0.3 is 14.6 Å². The fourth-order valence-corrected chi connectivity index (χ4v) is 6.27. The van der Waals surface area contributed by atoms with Crippen molar-refractivity contribution in [3.8, 4) is 0 Å². The topological polar surface area (TPSA) is 38.7 Å². The summed E-state index contributed by atoms with van der Waals surface area (Å²) in [5, 5.41) is 10.5. The van der Waals surface area contributed by atoms with Crippen LogP contribution in [0.5, 0.6) is 0 Å². The van der Waals surface area contributed by atoms with Crippen LogP contribution in [0.4, 0.5) is 0 Å². The molecule has 0 unspecified atom stereocenters. The van der Waals surface area contributed by atoms with E-state index in [4.69, 9.17) is 9.47 Å². The third-order valence-corrected chi connectivity index (χ3v) is 7.59. The summed E-state index contributed by atoms with van der Waals surface area (Å²) in [4.78, 5) is 0. The Morgan fingerprint density at radius 3 is 2.78 bits per heavy atom. The van der Waals surface area contributed by atoms with Crippen LogP contribution in [0.15, 0.2) is 22.8 Å². The van der Waals surface area contributed by atoms with Gasteiger partial charge in [0.15, 0.2) is 5.79 Å². The van der Waals surface area contributed by atoms with Gasteiger partial charge in [-0.1, -0.05) is 18.6 Å². The highest BCUT2D eigenvalue weighted by atomic mass is 16.7. The number of rotatable bonds is 0. The van der Waals surface area contributed by atoms with Crippen molar-refractivity contribution in [2.75, 3.05) is 13.2 Å². The van der Waals surface area contributed by atoms with E-state index >= 15 is 0 Å². The lowest BCUT2D eigenvalue weighted by Crippen LogP contribution is -2.42. The number of aliphatic hydroxyl groups is 1. The number of fused-ring (bicyclic) bond motifs is 4. The maximum Gasteiger partial charge on any atom is 0.172 e. The molecule has 0 amide bonds. The Balaban J connectivity index is 1.48. The molecule has 1 aliphatic heterocycles. The molecule has 0 aromatic rings. The van der Waals surface area contributed by atoms with E-state index in [0.717, 1.165) is 45.3 Å². The van der Waals surface area contributed by atoms with Crippen LogP contribution in [0.3, 0.4) is 0 Å². The second-order valence-corrected chi connectivity index (χ2v) is 8.58. The van der Waals surface area contributed by atoms with Crippen LogP contribution in [0, 0.1) is 17.3 Å². The molecule has 0 bridgehead atoms. The van der Waals surface area contributed by atoms with E-state index < -0.39 is 0 Å². The smallest absolute Gasteiger partial charge is 0.172 e. The average Bonchev–Trinajstić information content (AvgIpc) is 3.12. The highest BCUT2D eigenvalue weighted by molar-refractivity contribution is 5.44. The molecule has 0 aromatic heterocycles. The predicted octanol–water partition coefficient (Wildman–Crippen LogP) is 3.73. The Kier molecular flexibility index (Phi) is 3.15. The van der Waals surface area contributed by atoms with Gasteiger partial charge in [-0.3, -0.25) is 0 Å². The van der Waals surface area contributed by atoms with Gasteiger partial charge in [-0.15, -0.1) is 0 Å². The van der Waals surface area contributed by atoms with E-state index in [0.29, 0.717) is 11.8 Å². The molecule has 5 aliphatic rings. The van der Waals surface area contributed by atoms with Gasteiger partial charge in [0.05, 0.1) is 19.3 Å². The van der Waals surface area contributed by atoms with Gasteiger partial charge in [0.2, 0.25) is 0 Å². The van der Waals surface area contributed by atoms with E-state index in [1.165, 1.54) is 19.3 Å². The minimum absolute atomic E-state index is 0.101. The Morgan fingerprint density at radius 1 is 1.13 bits per heavy atom. The first kappa shape index (κ1) is 14.7. The van der Waals surface area contributed by atoms with Crippen molar-refractivity contribution in [2.24, 2.45) is 17.3 Å². The number of ether oxygens (including phenoxy) is 2. The fourth-order valence-electron chi connectivity index (χ4n) is 6.27. The van der Waals surface area contributed by atoms with Crippen molar-refractivity contribution in [1.29, 1.82) is 0 Å². The zero-order valence-electron chi connectivity index (χ0n) is 14.1. The largest absolute Gasteiger partial charge is 0.393 e. The molecule has 3 heteroatoms. The second-order valence-electron chi connectivity index (χ2n) is 8.58. The van der Waals surface area contributed by atoms with Gasteiger partial charge in [0.1, 0.15) is 0 Å². The Morgan fingerprint density at radius 2 is 1.96 bits per heavy atom. The van der Waals surface area contributed by atoms with Gasteiger partial charge in [-0.05, 0) is 61.5 Å². The Labute approximate surface area is 138 Å². The summed E-state index contributed by atoms with van der Waals surface area (Å²) in [5.74, 6) is 1.07. The fraction of sp³-hybridized carbons (Fsp3) is 0.800. The van der Waals surface area contributed by atoms with Crippen LogP contribution in [0.25, 0.3) is 0 Å². The standard InChI is InChI=1S/C20H28O3/c1-19-8-6-15-14-7-9-20(22-10-11-23-20)12-13(14)2-3-16(15)17(19)4-5-18(19)21/h6,16-18,21H,2-5,7-12H2,1H3/t16-,17+,18+,19+/m0/s1. The molecule has 4 aliphatic carbocycles. The molecule has 4 atom stereocenters. The minimum atomic E-state index is -0.293. The molecule has 2 fully saturated rings. The van der Waals surface area contributed by atoms with Gasteiger partial charge in [0, 0.05) is 18.3 Å². The molecule has 23 heavy (non-hydrogen) atoms. The molecule has 1 saturated carbocycles. The molecule has 1 saturated heterocycles. The third-order valence-electron chi connectivity index (χ3n) is 7.59. The second kappa shape index (κ2) is 4.93. The van der Waals surface area contributed by atoms with E-state index in [9.17, 15) is 5.11 Å². The maximum absolute atomic E-state index is 10.5. The first-order valence-corrected chi connectivity index (χ1v) is 9.49. The molecule has 0 aromatic carbocycles. The SMILES string of the molecule is C[C@@]12CC=C3C4=C(CC[C@@H]3[C@H]1CC[C@H]2O)CC1(CC4)OCCO1. The lowest BCUT2D eigenvalue weighted by Gasteiger charge is -2.48. The van der Waals surface area contributed by atoms with Gasteiger partial charge >= 0.3 is 0 Å². The van der Waals surface area contributed by atoms with Gasteiger partial charge in [-0.25, -0.2) is 0 Å². The van der Waals surface area contributed by atoms with E-state index in [1.807, 2.05) is 0 Å². The molecule has 1 spiro atoms. The minimum Gasteiger partial charge on any atom is -0.393 e. The molecule has 0 radical (unpaired) electrons. The van der Waals surface area contributed by atoms with Crippen LogP contribution in [0.2, 0.25) is 0 Å². The number of allylic oxidation sites excluding steroid dienone is 3. The van der Waals surface area contributed by atoms with Crippen molar-refractivity contribution >= 4 is 0 Å². The van der Waals surface area contributed by atoms with Crippen molar-refractivity contribution < 1.29 is 14.6 Å². The van der Waals surface area contributed by atoms with E-state index in [-0.39, 0.29) is 17.3 Å². The monoisotopic (exact) mass is 316 g/mol. The zero-order valence-corrected chi connectivity index (χ0v) is 14.1. The zero-order chi connectivity index (χ0) is 15.7. The average molecular weight is 316 g/mol. The van der Waals surface area contributed by atoms with Crippen molar-refractivity contribution in [2.45, 2.75) is 70.2 Å². The van der Waals surface area contributed by atoms with Crippen molar-refractivity contribution in [1.82, 2.24) is 0 Å². The lowest BCUT2D eigenvalue weighted by molar-refractivity contribution is -0.164. The Bertz CT molecular complexity index is 584. The van der Waals surface area contributed by atoms with Gasteiger partial charge in [-0.2, -0.15) is 0 Å². The summed E-state index contributed by atoms with van der Waals surface area (Å²) in [7, 11) is 0. The molecular weight excluding hydrogens is 288 g/mol. The summed E-state index contributed by atoms with van der Waals surface area (Å²) < 4.78 is 11.9. The summed E-state index contributed by atoms with van der Waals surface area (Å²) in [6.07, 6.45) is 11.2. The van der Waals surface area contributed by atoms with Crippen LogP contribution < -0.4 is 0 Å². The Hall–Kier alpha value is -0.640. The number of hydrogen-bond donors (Lipinski definition) is 1. The van der Waals surface area contributed by atoms with Crippen LogP contribution in [0.1, 0.15) is 58.3 Å². The molecule has 1 N–H and O–H groups in total.